The molecule has 1 aliphatic heterocycles. The number of carbonyl (C=O) groups is 1. The summed E-state index contributed by atoms with van der Waals surface area (Å²) < 4.78 is 0. The number of hydrogen-bond acceptors (Lipinski definition) is 4. The molecule has 19 heavy (non-hydrogen) atoms. The van der Waals surface area contributed by atoms with Crippen LogP contribution in [0, 0.1) is 0 Å². The van der Waals surface area contributed by atoms with Crippen LogP contribution in [0.1, 0.15) is 12.0 Å². The molecule has 0 aliphatic carbocycles. The van der Waals surface area contributed by atoms with E-state index in [2.05, 4.69) is 4.90 Å². The molecule has 1 aliphatic rings. The molecule has 1 heterocycles. The Morgan fingerprint density at radius 1 is 1.53 bits per heavy atom. The highest BCUT2D eigenvalue weighted by Gasteiger charge is 2.25. The maximum atomic E-state index is 10.9. The second kappa shape index (κ2) is 6.50. The maximum absolute atomic E-state index is 10.9. The van der Waals surface area contributed by atoms with E-state index in [0.29, 0.717) is 11.6 Å². The van der Waals surface area contributed by atoms with Crippen molar-refractivity contribution in [2.24, 2.45) is 0 Å². The monoisotopic (exact) mass is 301 g/mol. The van der Waals surface area contributed by atoms with Gasteiger partial charge in [0.2, 0.25) is 0 Å². The van der Waals surface area contributed by atoms with E-state index in [0.717, 1.165) is 23.6 Å². The minimum absolute atomic E-state index is 0.00892. The molecule has 1 aromatic carbocycles. The molecule has 1 atom stereocenters. The van der Waals surface area contributed by atoms with E-state index < -0.39 is 5.97 Å². The molecule has 0 aromatic heterocycles. The van der Waals surface area contributed by atoms with Crippen molar-refractivity contribution in [2.45, 2.75) is 19.0 Å². The van der Waals surface area contributed by atoms with E-state index >= 15 is 0 Å². The normalized spacial score (nSPS) is 20.4. The van der Waals surface area contributed by atoms with Crippen LogP contribution in [0.15, 0.2) is 18.2 Å². The Balaban J connectivity index is 2.10. The van der Waals surface area contributed by atoms with Crippen LogP contribution in [-0.2, 0) is 11.3 Å². The molecule has 2 rings (SSSR count). The first-order valence-electron chi connectivity index (χ1n) is 6.07. The number of aliphatic carboxylic acids is 1. The van der Waals surface area contributed by atoms with Gasteiger partial charge in [-0.3, -0.25) is 9.69 Å². The molecule has 0 spiro atoms. The Bertz CT molecular complexity index is 469. The van der Waals surface area contributed by atoms with Crippen LogP contribution in [0.3, 0.4) is 0 Å². The first-order valence-corrected chi connectivity index (χ1v) is 7.60. The zero-order chi connectivity index (χ0) is 13.8. The Morgan fingerprint density at radius 2 is 2.32 bits per heavy atom. The smallest absolute Gasteiger partial charge is 0.304 e. The van der Waals surface area contributed by atoms with E-state index in [1.54, 1.807) is 30.0 Å². The summed E-state index contributed by atoms with van der Waals surface area (Å²) in [5.41, 5.74) is 0.745. The predicted octanol–water partition coefficient (Wildman–Crippen LogP) is 2.44. The first kappa shape index (κ1) is 14.5. The Hall–Kier alpha value is -0.910. The molecule has 2 N–H and O–H groups in total. The minimum atomic E-state index is -0.784. The summed E-state index contributed by atoms with van der Waals surface area (Å²) in [6, 6.07) is 4.95. The van der Waals surface area contributed by atoms with Gasteiger partial charge >= 0.3 is 5.97 Å². The molecule has 0 saturated carbocycles. The van der Waals surface area contributed by atoms with Gasteiger partial charge in [-0.2, -0.15) is 11.8 Å². The molecule has 1 saturated heterocycles. The Labute approximate surface area is 121 Å². The van der Waals surface area contributed by atoms with E-state index in [9.17, 15) is 9.90 Å². The van der Waals surface area contributed by atoms with Gasteiger partial charge in [-0.25, -0.2) is 0 Å². The number of carboxylic acid groups (broad SMARTS) is 1. The SMILES string of the molecule is O=C(O)CC1CSCCN1Cc1cc(Cl)ccc1O. The molecule has 0 bridgehead atoms. The topological polar surface area (TPSA) is 60.8 Å². The number of benzene rings is 1. The summed E-state index contributed by atoms with van der Waals surface area (Å²) in [6.45, 7) is 1.36. The van der Waals surface area contributed by atoms with Gasteiger partial charge in [0.15, 0.2) is 0 Å². The quantitative estimate of drug-likeness (QED) is 0.894. The van der Waals surface area contributed by atoms with Gasteiger partial charge < -0.3 is 10.2 Å². The van der Waals surface area contributed by atoms with Gasteiger partial charge in [-0.15, -0.1) is 0 Å². The third-order valence-electron chi connectivity index (χ3n) is 3.17. The van der Waals surface area contributed by atoms with Crippen molar-refractivity contribution < 1.29 is 15.0 Å². The number of phenolic OH excluding ortho intramolecular Hbond substituents is 1. The first-order chi connectivity index (χ1) is 9.06. The zero-order valence-electron chi connectivity index (χ0n) is 10.4. The van der Waals surface area contributed by atoms with Crippen molar-refractivity contribution in [2.75, 3.05) is 18.1 Å². The van der Waals surface area contributed by atoms with Gasteiger partial charge in [-0.05, 0) is 18.2 Å². The van der Waals surface area contributed by atoms with Crippen LogP contribution in [0.5, 0.6) is 5.75 Å². The fraction of sp³-hybridized carbons (Fsp3) is 0.462. The summed E-state index contributed by atoms with van der Waals surface area (Å²) in [4.78, 5) is 13.0. The molecule has 6 heteroatoms. The van der Waals surface area contributed by atoms with Crippen molar-refractivity contribution in [1.29, 1.82) is 0 Å². The number of nitrogens with zero attached hydrogens (tertiary/aromatic N) is 1. The highest BCUT2D eigenvalue weighted by molar-refractivity contribution is 7.99. The van der Waals surface area contributed by atoms with Gasteiger partial charge in [-0.1, -0.05) is 11.6 Å². The molecule has 0 radical (unpaired) electrons. The van der Waals surface area contributed by atoms with Crippen LogP contribution in [-0.4, -0.2) is 45.2 Å². The van der Waals surface area contributed by atoms with Crippen LogP contribution in [0.2, 0.25) is 5.02 Å². The van der Waals surface area contributed by atoms with E-state index in [4.69, 9.17) is 16.7 Å². The van der Waals surface area contributed by atoms with Gasteiger partial charge in [0, 0.05) is 41.2 Å². The zero-order valence-corrected chi connectivity index (χ0v) is 12.0. The number of hydrogen-bond donors (Lipinski definition) is 2. The highest BCUT2D eigenvalue weighted by Crippen LogP contribution is 2.26. The summed E-state index contributed by atoms with van der Waals surface area (Å²) in [5.74, 6) is 1.22. The lowest BCUT2D eigenvalue weighted by molar-refractivity contribution is -0.138. The third-order valence-corrected chi connectivity index (χ3v) is 4.50. The van der Waals surface area contributed by atoms with Crippen molar-refractivity contribution in [3.8, 4) is 5.75 Å². The minimum Gasteiger partial charge on any atom is -0.508 e. The number of halogens is 1. The van der Waals surface area contributed by atoms with Gasteiger partial charge in [0.05, 0.1) is 6.42 Å². The second-order valence-electron chi connectivity index (χ2n) is 4.57. The molecule has 104 valence electrons. The average Bonchev–Trinajstić information content (AvgIpc) is 2.35. The van der Waals surface area contributed by atoms with Crippen LogP contribution in [0.25, 0.3) is 0 Å². The average molecular weight is 302 g/mol. The van der Waals surface area contributed by atoms with E-state index in [-0.39, 0.29) is 18.2 Å². The van der Waals surface area contributed by atoms with Gasteiger partial charge in [0.1, 0.15) is 5.75 Å². The van der Waals surface area contributed by atoms with E-state index in [1.807, 2.05) is 0 Å². The van der Waals surface area contributed by atoms with E-state index in [1.165, 1.54) is 0 Å². The van der Waals surface area contributed by atoms with Crippen molar-refractivity contribution in [3.63, 3.8) is 0 Å². The molecule has 0 amide bonds. The summed E-state index contributed by atoms with van der Waals surface area (Å²) in [6.07, 6.45) is 0.133. The molecule has 4 nitrogen and oxygen atoms in total. The fourth-order valence-electron chi connectivity index (χ4n) is 2.19. The third kappa shape index (κ3) is 4.03. The van der Waals surface area contributed by atoms with Crippen molar-refractivity contribution in [1.82, 2.24) is 4.90 Å². The largest absolute Gasteiger partial charge is 0.508 e. The van der Waals surface area contributed by atoms with Crippen LogP contribution in [0.4, 0.5) is 0 Å². The maximum Gasteiger partial charge on any atom is 0.304 e. The summed E-state index contributed by atoms with van der Waals surface area (Å²) in [5, 5.41) is 19.3. The lowest BCUT2D eigenvalue weighted by atomic mass is 10.1. The van der Waals surface area contributed by atoms with Gasteiger partial charge in [0.25, 0.3) is 0 Å². The lowest BCUT2D eigenvalue weighted by Gasteiger charge is -2.34. The number of rotatable bonds is 4. The van der Waals surface area contributed by atoms with Crippen LogP contribution >= 0.6 is 23.4 Å². The van der Waals surface area contributed by atoms with Crippen LogP contribution < -0.4 is 0 Å². The number of aromatic hydroxyl groups is 1. The summed E-state index contributed by atoms with van der Waals surface area (Å²) >= 11 is 7.70. The fourth-order valence-corrected chi connectivity index (χ4v) is 3.51. The second-order valence-corrected chi connectivity index (χ2v) is 6.16. The summed E-state index contributed by atoms with van der Waals surface area (Å²) in [7, 11) is 0. The molecule has 1 aromatic rings. The lowest BCUT2D eigenvalue weighted by Crippen LogP contribution is -2.42. The van der Waals surface area contributed by atoms with Crippen molar-refractivity contribution in [3.05, 3.63) is 28.8 Å². The number of phenols is 1. The standard InChI is InChI=1S/C13H16ClNO3S/c14-10-1-2-12(16)9(5-10)7-15-3-4-19-8-11(15)6-13(17)18/h1-2,5,11,16H,3-4,6-8H2,(H,17,18). The number of carboxylic acids is 1. The molecule has 1 unspecified atom stereocenters. The molecular formula is C13H16ClNO3S. The molecule has 1 fully saturated rings. The number of thioether (sulfide) groups is 1. The molecular weight excluding hydrogens is 286 g/mol. The highest BCUT2D eigenvalue weighted by atomic mass is 35.5. The predicted molar refractivity (Wildman–Crippen MR) is 76.9 cm³/mol. The Morgan fingerprint density at radius 3 is 3.05 bits per heavy atom. The van der Waals surface area contributed by atoms with Crippen molar-refractivity contribution >= 4 is 29.3 Å². The Kier molecular flexibility index (Phi) is 4.96.